The van der Waals surface area contributed by atoms with Crippen LogP contribution >= 0.6 is 0 Å². The zero-order chi connectivity index (χ0) is 25.4. The third-order valence-corrected chi connectivity index (χ3v) is 8.08. The first-order valence-corrected chi connectivity index (χ1v) is 12.7. The van der Waals surface area contributed by atoms with Gasteiger partial charge >= 0.3 is 0 Å². The van der Waals surface area contributed by atoms with Crippen molar-refractivity contribution in [2.45, 2.75) is 50.5 Å². The molecule has 0 saturated carbocycles. The smallest absolute Gasteiger partial charge is 0.250 e. The molecule has 5 rings (SSSR count). The third-order valence-electron chi connectivity index (χ3n) is 8.08. The van der Waals surface area contributed by atoms with Gasteiger partial charge in [0.25, 0.3) is 5.56 Å². The summed E-state index contributed by atoms with van der Waals surface area (Å²) in [5.74, 6) is -0.353. The summed E-state index contributed by atoms with van der Waals surface area (Å²) in [5.41, 5.74) is 1.42. The summed E-state index contributed by atoms with van der Waals surface area (Å²) < 4.78 is 6.95. The molecular weight excluding hydrogens is 458 g/mol. The minimum absolute atomic E-state index is 0.00381. The Morgan fingerprint density at radius 3 is 2.64 bits per heavy atom. The first-order chi connectivity index (χ1) is 17.3. The zero-order valence-corrected chi connectivity index (χ0v) is 20.9. The van der Waals surface area contributed by atoms with E-state index in [9.17, 15) is 19.2 Å². The lowest BCUT2D eigenvalue weighted by atomic mass is 9.73. The van der Waals surface area contributed by atoms with Crippen LogP contribution in [0.25, 0.3) is 0 Å². The fourth-order valence-corrected chi connectivity index (χ4v) is 6.42. The summed E-state index contributed by atoms with van der Waals surface area (Å²) in [7, 11) is 1.59. The van der Waals surface area contributed by atoms with Gasteiger partial charge in [0, 0.05) is 70.4 Å². The van der Waals surface area contributed by atoms with E-state index in [-0.39, 0.29) is 54.5 Å². The monoisotopic (exact) mass is 491 g/mol. The SMILES string of the molecule is COCCCN1C(=O)C[C@](CC(=O)N2C[C@H]3C[C@@H](C2)c2cccc(=O)n2C3)(c2ccccc2C)C1=O. The van der Waals surface area contributed by atoms with E-state index in [0.29, 0.717) is 32.7 Å². The van der Waals surface area contributed by atoms with E-state index in [4.69, 9.17) is 4.74 Å². The van der Waals surface area contributed by atoms with Crippen molar-refractivity contribution in [3.05, 3.63) is 69.6 Å². The van der Waals surface area contributed by atoms with E-state index in [0.717, 1.165) is 23.2 Å². The van der Waals surface area contributed by atoms with Crippen LogP contribution in [0.1, 0.15) is 48.4 Å². The molecule has 3 aliphatic rings. The molecule has 0 aliphatic carbocycles. The van der Waals surface area contributed by atoms with E-state index in [1.54, 1.807) is 19.2 Å². The second kappa shape index (κ2) is 9.65. The van der Waals surface area contributed by atoms with Crippen LogP contribution in [0.3, 0.4) is 0 Å². The van der Waals surface area contributed by atoms with Gasteiger partial charge in [0.05, 0.1) is 5.41 Å². The number of likely N-dealkylation sites (tertiary alicyclic amines) is 2. The van der Waals surface area contributed by atoms with Crippen molar-refractivity contribution in [3.8, 4) is 0 Å². The molecule has 2 aromatic rings. The minimum Gasteiger partial charge on any atom is -0.385 e. The predicted octanol–water partition coefficient (Wildman–Crippen LogP) is 2.23. The van der Waals surface area contributed by atoms with Crippen molar-refractivity contribution in [3.63, 3.8) is 0 Å². The molecule has 0 unspecified atom stereocenters. The molecule has 2 fully saturated rings. The number of aromatic nitrogens is 1. The number of aryl methyl sites for hydroxylation is 1. The number of ether oxygens (including phenoxy) is 1. The minimum atomic E-state index is -1.20. The first-order valence-electron chi connectivity index (χ1n) is 12.7. The lowest BCUT2D eigenvalue weighted by Crippen LogP contribution is -2.51. The molecule has 190 valence electrons. The van der Waals surface area contributed by atoms with Gasteiger partial charge < -0.3 is 14.2 Å². The number of piperidine rings is 1. The third kappa shape index (κ3) is 4.17. The molecule has 8 nitrogen and oxygen atoms in total. The van der Waals surface area contributed by atoms with Gasteiger partial charge in [-0.3, -0.25) is 24.1 Å². The number of benzene rings is 1. The fraction of sp³-hybridized carbons (Fsp3) is 0.500. The van der Waals surface area contributed by atoms with Crippen LogP contribution in [-0.2, 0) is 31.1 Å². The molecule has 8 heteroatoms. The van der Waals surface area contributed by atoms with Gasteiger partial charge in [0.1, 0.15) is 0 Å². The van der Waals surface area contributed by atoms with E-state index in [2.05, 4.69) is 0 Å². The standard InChI is InChI=1S/C28H33N3O5/c1-19-7-3-4-8-22(19)28(15-26(34)30(27(28)35)11-6-12-36-2)14-25(33)29-16-20-13-21(18-29)23-9-5-10-24(32)31(23)17-20/h3-5,7-10,20-21H,6,11-18H2,1-2H3/t20-,21+,28-/m1/s1. The Bertz CT molecular complexity index is 1250. The van der Waals surface area contributed by atoms with Crippen molar-refractivity contribution in [2.24, 2.45) is 5.92 Å². The van der Waals surface area contributed by atoms with E-state index < -0.39 is 5.41 Å². The Morgan fingerprint density at radius 2 is 1.86 bits per heavy atom. The van der Waals surface area contributed by atoms with Crippen LogP contribution in [0, 0.1) is 12.8 Å². The molecule has 0 radical (unpaired) electrons. The lowest BCUT2D eigenvalue weighted by molar-refractivity contribution is -0.143. The fourth-order valence-electron chi connectivity index (χ4n) is 6.42. The number of amides is 3. The van der Waals surface area contributed by atoms with E-state index in [1.807, 2.05) is 46.7 Å². The van der Waals surface area contributed by atoms with Crippen LogP contribution in [0.2, 0.25) is 0 Å². The van der Waals surface area contributed by atoms with Crippen LogP contribution in [0.5, 0.6) is 0 Å². The van der Waals surface area contributed by atoms with Crippen LogP contribution in [0.4, 0.5) is 0 Å². The average Bonchev–Trinajstić information content (AvgIpc) is 3.09. The van der Waals surface area contributed by atoms with Gasteiger partial charge in [-0.15, -0.1) is 0 Å². The number of methoxy groups -OCH3 is 1. The molecule has 3 amide bonds. The highest BCUT2D eigenvalue weighted by Gasteiger charge is 2.54. The number of hydrogen-bond acceptors (Lipinski definition) is 5. The normalized spacial score (nSPS) is 25.3. The number of carbonyl (C=O) groups is 3. The molecule has 0 spiro atoms. The van der Waals surface area contributed by atoms with Gasteiger partial charge in [0.15, 0.2) is 0 Å². The average molecular weight is 492 g/mol. The van der Waals surface area contributed by atoms with Crippen molar-refractivity contribution >= 4 is 17.7 Å². The Labute approximate surface area is 210 Å². The second-order valence-corrected chi connectivity index (χ2v) is 10.4. The van der Waals surface area contributed by atoms with E-state index >= 15 is 0 Å². The summed E-state index contributed by atoms with van der Waals surface area (Å²) in [6.45, 7) is 4.33. The maximum atomic E-state index is 13.9. The highest BCUT2D eigenvalue weighted by Crippen LogP contribution is 2.43. The first kappa shape index (κ1) is 24.4. The summed E-state index contributed by atoms with van der Waals surface area (Å²) in [5, 5.41) is 0. The quantitative estimate of drug-likeness (QED) is 0.438. The molecule has 3 aliphatic heterocycles. The second-order valence-electron chi connectivity index (χ2n) is 10.4. The van der Waals surface area contributed by atoms with Crippen molar-refractivity contribution < 1.29 is 19.1 Å². The maximum Gasteiger partial charge on any atom is 0.250 e. The maximum absolute atomic E-state index is 13.9. The van der Waals surface area contributed by atoms with Crippen molar-refractivity contribution in [1.82, 2.24) is 14.4 Å². The van der Waals surface area contributed by atoms with Crippen molar-refractivity contribution in [2.75, 3.05) is 33.4 Å². The van der Waals surface area contributed by atoms with Crippen LogP contribution in [0.15, 0.2) is 47.3 Å². The summed E-state index contributed by atoms with van der Waals surface area (Å²) in [6, 6.07) is 12.9. The Morgan fingerprint density at radius 1 is 1.06 bits per heavy atom. The molecule has 1 aromatic carbocycles. The van der Waals surface area contributed by atoms with Gasteiger partial charge in [-0.05, 0) is 42.9 Å². The number of hydrogen-bond donors (Lipinski definition) is 0. The molecule has 1 aromatic heterocycles. The largest absolute Gasteiger partial charge is 0.385 e. The highest BCUT2D eigenvalue weighted by molar-refractivity contribution is 6.11. The predicted molar refractivity (Wildman–Crippen MR) is 133 cm³/mol. The topological polar surface area (TPSA) is 88.9 Å². The summed E-state index contributed by atoms with van der Waals surface area (Å²) >= 11 is 0. The van der Waals surface area contributed by atoms with Gasteiger partial charge in [-0.2, -0.15) is 0 Å². The zero-order valence-electron chi connectivity index (χ0n) is 20.9. The Kier molecular flexibility index (Phi) is 6.55. The lowest BCUT2D eigenvalue weighted by Gasteiger charge is -2.43. The molecule has 2 bridgehead atoms. The molecular formula is C28H33N3O5. The number of fused-ring (bicyclic) bond motifs is 4. The van der Waals surface area contributed by atoms with Gasteiger partial charge in [0.2, 0.25) is 17.7 Å². The van der Waals surface area contributed by atoms with Crippen molar-refractivity contribution in [1.29, 1.82) is 0 Å². The summed E-state index contributed by atoms with van der Waals surface area (Å²) in [4.78, 5) is 56.3. The van der Waals surface area contributed by atoms with Crippen LogP contribution < -0.4 is 5.56 Å². The number of pyridine rings is 1. The Hall–Kier alpha value is -3.26. The van der Waals surface area contributed by atoms with Crippen LogP contribution in [-0.4, -0.2) is 65.4 Å². The molecule has 36 heavy (non-hydrogen) atoms. The van der Waals surface area contributed by atoms with E-state index in [1.165, 1.54) is 4.90 Å². The molecule has 2 saturated heterocycles. The molecule has 4 heterocycles. The molecule has 3 atom stereocenters. The van der Waals surface area contributed by atoms with Gasteiger partial charge in [-0.1, -0.05) is 30.3 Å². The Balaban J connectivity index is 1.43. The number of carbonyl (C=O) groups excluding carboxylic acids is 3. The molecule has 0 N–H and O–H groups in total. The highest BCUT2D eigenvalue weighted by atomic mass is 16.5. The number of rotatable bonds is 7. The van der Waals surface area contributed by atoms with Gasteiger partial charge in [-0.25, -0.2) is 0 Å². The number of imide groups is 1. The number of nitrogens with zero attached hydrogens (tertiary/aromatic N) is 3. The summed E-state index contributed by atoms with van der Waals surface area (Å²) in [6.07, 6.45) is 1.46.